The topological polar surface area (TPSA) is 76.9 Å². The van der Waals surface area contributed by atoms with E-state index in [0.717, 1.165) is 12.1 Å². The van der Waals surface area contributed by atoms with E-state index in [4.69, 9.17) is 11.6 Å². The molecule has 0 fully saturated rings. The second-order valence-electron chi connectivity index (χ2n) is 5.10. The third kappa shape index (κ3) is 3.65. The molecular weight excluding hydrogens is 393 g/mol. The van der Waals surface area contributed by atoms with Gasteiger partial charge in [-0.1, -0.05) is 23.7 Å². The fourth-order valence-corrected chi connectivity index (χ4v) is 3.72. The lowest BCUT2D eigenvalue weighted by Crippen LogP contribution is -2.19. The highest BCUT2D eigenvalue weighted by atomic mass is 35.5. The molecule has 0 saturated carbocycles. The van der Waals surface area contributed by atoms with Gasteiger partial charge >= 0.3 is 6.18 Å². The Morgan fingerprint density at radius 2 is 1.85 bits per heavy atom. The van der Waals surface area contributed by atoms with Gasteiger partial charge in [0.15, 0.2) is 0 Å². The molecule has 1 aromatic heterocycles. The number of anilines is 1. The molecule has 0 amide bonds. The first-order valence-corrected chi connectivity index (χ1v) is 8.88. The summed E-state index contributed by atoms with van der Waals surface area (Å²) in [7, 11) is -4.55. The molecule has 26 heavy (non-hydrogen) atoms. The van der Waals surface area contributed by atoms with E-state index in [-0.39, 0.29) is 16.4 Å². The first-order chi connectivity index (χ1) is 12.2. The van der Waals surface area contributed by atoms with Crippen molar-refractivity contribution in [2.75, 3.05) is 4.72 Å². The molecule has 3 rings (SSSR count). The van der Waals surface area contributed by atoms with Crippen molar-refractivity contribution in [3.05, 3.63) is 65.7 Å². The molecule has 0 bridgehead atoms. The number of alkyl halides is 3. The zero-order valence-electron chi connectivity index (χ0n) is 12.8. The number of nitrogens with zero attached hydrogens (tertiary/aromatic N) is 3. The minimum absolute atomic E-state index is 0.0417. The summed E-state index contributed by atoms with van der Waals surface area (Å²) in [5, 5.41) is 4.07. The Kier molecular flexibility index (Phi) is 4.63. The molecule has 0 aliphatic rings. The second-order valence-corrected chi connectivity index (χ2v) is 7.19. The van der Waals surface area contributed by atoms with Crippen LogP contribution in [-0.4, -0.2) is 23.2 Å². The summed E-state index contributed by atoms with van der Waals surface area (Å²) >= 11 is 5.90. The van der Waals surface area contributed by atoms with Gasteiger partial charge in [-0.25, -0.2) is 18.1 Å². The monoisotopic (exact) mass is 402 g/mol. The Bertz CT molecular complexity index is 1040. The molecule has 0 radical (unpaired) electrons. The average molecular weight is 403 g/mol. The van der Waals surface area contributed by atoms with Crippen molar-refractivity contribution in [1.82, 2.24) is 14.8 Å². The van der Waals surface area contributed by atoms with Gasteiger partial charge < -0.3 is 0 Å². The Morgan fingerprint density at radius 3 is 2.50 bits per heavy atom. The SMILES string of the molecule is O=S(=O)(Nc1cc(Cl)ccc1-n1cncn1)c1ccccc1C(F)(F)F. The number of rotatable bonds is 4. The van der Waals surface area contributed by atoms with Crippen LogP contribution in [-0.2, 0) is 16.2 Å². The van der Waals surface area contributed by atoms with Gasteiger partial charge in [0.25, 0.3) is 10.0 Å². The van der Waals surface area contributed by atoms with Gasteiger partial charge in [-0.3, -0.25) is 4.72 Å². The van der Waals surface area contributed by atoms with Gasteiger partial charge in [0.2, 0.25) is 0 Å². The van der Waals surface area contributed by atoms with Crippen molar-refractivity contribution >= 4 is 27.3 Å². The zero-order chi connectivity index (χ0) is 18.9. The maximum atomic E-state index is 13.1. The normalized spacial score (nSPS) is 12.2. The van der Waals surface area contributed by atoms with Gasteiger partial charge in [-0.05, 0) is 30.3 Å². The number of nitrogens with one attached hydrogen (secondary N) is 1. The minimum Gasteiger partial charge on any atom is -0.277 e. The molecule has 1 heterocycles. The van der Waals surface area contributed by atoms with Gasteiger partial charge in [0.1, 0.15) is 12.7 Å². The van der Waals surface area contributed by atoms with Crippen molar-refractivity contribution in [1.29, 1.82) is 0 Å². The molecule has 0 atom stereocenters. The Labute approximate surface area is 151 Å². The molecule has 11 heteroatoms. The van der Waals surface area contributed by atoms with Crippen LogP contribution >= 0.6 is 11.6 Å². The molecule has 6 nitrogen and oxygen atoms in total. The highest BCUT2D eigenvalue weighted by Crippen LogP contribution is 2.35. The predicted molar refractivity (Wildman–Crippen MR) is 88.6 cm³/mol. The van der Waals surface area contributed by atoms with Crippen LogP contribution in [0.1, 0.15) is 5.56 Å². The first-order valence-electron chi connectivity index (χ1n) is 7.02. The Hall–Kier alpha value is -2.59. The fourth-order valence-electron chi connectivity index (χ4n) is 2.26. The summed E-state index contributed by atoms with van der Waals surface area (Å²) < 4.78 is 68.0. The minimum atomic E-state index is -4.82. The number of hydrogen-bond donors (Lipinski definition) is 1. The first kappa shape index (κ1) is 18.2. The Morgan fingerprint density at radius 1 is 1.12 bits per heavy atom. The summed E-state index contributed by atoms with van der Waals surface area (Å²) in [6, 6.07) is 8.12. The molecule has 3 aromatic rings. The largest absolute Gasteiger partial charge is 0.417 e. The molecule has 0 spiro atoms. The lowest BCUT2D eigenvalue weighted by Gasteiger charge is -2.16. The van der Waals surface area contributed by atoms with E-state index in [1.165, 1.54) is 41.6 Å². The van der Waals surface area contributed by atoms with Crippen LogP contribution in [0.25, 0.3) is 5.69 Å². The van der Waals surface area contributed by atoms with Gasteiger partial charge in [-0.2, -0.15) is 18.3 Å². The highest BCUT2D eigenvalue weighted by Gasteiger charge is 2.37. The lowest BCUT2D eigenvalue weighted by molar-refractivity contribution is -0.139. The molecule has 0 unspecified atom stereocenters. The molecule has 2 aromatic carbocycles. The predicted octanol–water partition coefficient (Wildman–Crippen LogP) is 3.74. The summed E-state index contributed by atoms with van der Waals surface area (Å²) in [4.78, 5) is 2.86. The summed E-state index contributed by atoms with van der Waals surface area (Å²) in [5.41, 5.74) is -1.06. The van der Waals surface area contributed by atoms with Crippen LogP contribution in [0.15, 0.2) is 60.0 Å². The van der Waals surface area contributed by atoms with Crippen LogP contribution in [0.2, 0.25) is 5.02 Å². The number of benzene rings is 2. The van der Waals surface area contributed by atoms with E-state index >= 15 is 0 Å². The smallest absolute Gasteiger partial charge is 0.277 e. The number of hydrogen-bond acceptors (Lipinski definition) is 4. The lowest BCUT2D eigenvalue weighted by atomic mass is 10.2. The van der Waals surface area contributed by atoms with Crippen molar-refractivity contribution in [2.24, 2.45) is 0 Å². The van der Waals surface area contributed by atoms with Crippen molar-refractivity contribution in [3.8, 4) is 5.69 Å². The third-order valence-corrected chi connectivity index (χ3v) is 5.01. The molecule has 0 saturated heterocycles. The van der Waals surface area contributed by atoms with E-state index in [0.29, 0.717) is 6.07 Å². The zero-order valence-corrected chi connectivity index (χ0v) is 14.3. The fraction of sp³-hybridized carbons (Fsp3) is 0.0667. The van der Waals surface area contributed by atoms with Gasteiger partial charge in [-0.15, -0.1) is 0 Å². The third-order valence-electron chi connectivity index (χ3n) is 3.35. The summed E-state index contributed by atoms with van der Waals surface area (Å²) in [5.74, 6) is 0. The molecule has 136 valence electrons. The summed E-state index contributed by atoms with van der Waals surface area (Å²) in [6.07, 6.45) is -2.29. The number of halogens is 4. The molecule has 1 N–H and O–H groups in total. The van der Waals surface area contributed by atoms with Gasteiger partial charge in [0.05, 0.1) is 21.8 Å². The maximum absolute atomic E-state index is 13.1. The van der Waals surface area contributed by atoms with E-state index in [9.17, 15) is 21.6 Å². The highest BCUT2D eigenvalue weighted by molar-refractivity contribution is 7.92. The number of sulfonamides is 1. The standard InChI is InChI=1S/C15H10ClF3N4O2S/c16-10-5-6-13(23-9-20-8-21-23)12(7-10)22-26(24,25)14-4-2-1-3-11(14)15(17,18)19/h1-9,22H. The average Bonchev–Trinajstić information content (AvgIpc) is 3.08. The van der Waals surface area contributed by atoms with Crippen molar-refractivity contribution in [3.63, 3.8) is 0 Å². The number of aromatic nitrogens is 3. The van der Waals surface area contributed by atoms with Crippen LogP contribution in [0, 0.1) is 0 Å². The molecule has 0 aliphatic heterocycles. The van der Waals surface area contributed by atoms with Crippen LogP contribution < -0.4 is 4.72 Å². The van der Waals surface area contributed by atoms with E-state index in [2.05, 4.69) is 14.8 Å². The van der Waals surface area contributed by atoms with Crippen LogP contribution in [0.4, 0.5) is 18.9 Å². The maximum Gasteiger partial charge on any atom is 0.417 e. The Balaban J connectivity index is 2.09. The second kappa shape index (κ2) is 6.61. The summed E-state index contributed by atoms with van der Waals surface area (Å²) in [6.45, 7) is 0. The van der Waals surface area contributed by atoms with Crippen molar-refractivity contribution in [2.45, 2.75) is 11.1 Å². The molecule has 0 aliphatic carbocycles. The van der Waals surface area contributed by atoms with E-state index in [1.807, 2.05) is 0 Å². The quantitative estimate of drug-likeness (QED) is 0.721. The van der Waals surface area contributed by atoms with Crippen LogP contribution in [0.5, 0.6) is 0 Å². The van der Waals surface area contributed by atoms with Crippen molar-refractivity contribution < 1.29 is 21.6 Å². The van der Waals surface area contributed by atoms with Crippen LogP contribution in [0.3, 0.4) is 0 Å². The van der Waals surface area contributed by atoms with Gasteiger partial charge in [0, 0.05) is 5.02 Å². The molecular formula is C15H10ClF3N4O2S. The van der Waals surface area contributed by atoms with E-state index < -0.39 is 26.7 Å². The van der Waals surface area contributed by atoms with E-state index in [1.54, 1.807) is 0 Å².